The summed E-state index contributed by atoms with van der Waals surface area (Å²) in [5.41, 5.74) is 1.05. The zero-order chi connectivity index (χ0) is 15.0. The van der Waals surface area contributed by atoms with Crippen LogP contribution in [0.3, 0.4) is 0 Å². The van der Waals surface area contributed by atoms with Gasteiger partial charge in [-0.3, -0.25) is 9.69 Å². The van der Waals surface area contributed by atoms with E-state index in [1.807, 2.05) is 43.0 Å². The Kier molecular flexibility index (Phi) is 7.04. The fourth-order valence-electron chi connectivity index (χ4n) is 1.83. The summed E-state index contributed by atoms with van der Waals surface area (Å²) in [6, 6.07) is 7.73. The number of carbonyl (C=O) groups is 1. The van der Waals surface area contributed by atoms with Crippen molar-refractivity contribution in [3.8, 4) is 5.75 Å². The van der Waals surface area contributed by atoms with E-state index < -0.39 is 5.97 Å². The Labute approximate surface area is 120 Å². The number of ether oxygens (including phenoxy) is 2. The lowest BCUT2D eigenvalue weighted by molar-refractivity contribution is -0.138. The molecule has 0 heterocycles. The summed E-state index contributed by atoms with van der Waals surface area (Å²) >= 11 is 0. The number of methoxy groups -OCH3 is 1. The minimum absolute atomic E-state index is 0.00755. The van der Waals surface area contributed by atoms with Gasteiger partial charge < -0.3 is 14.6 Å². The zero-order valence-corrected chi connectivity index (χ0v) is 12.3. The van der Waals surface area contributed by atoms with Gasteiger partial charge in [0.25, 0.3) is 0 Å². The van der Waals surface area contributed by atoms with Crippen LogP contribution in [0.4, 0.5) is 0 Å². The van der Waals surface area contributed by atoms with Crippen molar-refractivity contribution in [2.24, 2.45) is 0 Å². The standard InChI is InChI=1S/C15H23NO4/c1-12(2)20-14-6-4-13(5-7-14)10-16(8-9-19-3)11-15(17)18/h4-7,12H,8-11H2,1-3H3,(H,17,18). The third kappa shape index (κ3) is 6.54. The molecule has 0 unspecified atom stereocenters. The lowest BCUT2D eigenvalue weighted by atomic mass is 10.2. The Balaban J connectivity index is 2.60. The van der Waals surface area contributed by atoms with Gasteiger partial charge in [0.1, 0.15) is 5.75 Å². The molecule has 5 nitrogen and oxygen atoms in total. The van der Waals surface area contributed by atoms with Gasteiger partial charge >= 0.3 is 5.97 Å². The fourth-order valence-corrected chi connectivity index (χ4v) is 1.83. The van der Waals surface area contributed by atoms with Crippen LogP contribution in [0.15, 0.2) is 24.3 Å². The summed E-state index contributed by atoms with van der Waals surface area (Å²) in [7, 11) is 1.61. The first-order valence-electron chi connectivity index (χ1n) is 6.70. The molecular weight excluding hydrogens is 258 g/mol. The molecule has 1 N–H and O–H groups in total. The lowest BCUT2D eigenvalue weighted by Crippen LogP contribution is -2.32. The van der Waals surface area contributed by atoms with E-state index in [1.54, 1.807) is 7.11 Å². The maximum atomic E-state index is 10.8. The Morgan fingerprint density at radius 1 is 1.30 bits per heavy atom. The Bertz CT molecular complexity index is 403. The number of aliphatic carboxylic acids is 1. The van der Waals surface area contributed by atoms with Gasteiger partial charge in [0.05, 0.1) is 19.3 Å². The van der Waals surface area contributed by atoms with Crippen LogP contribution < -0.4 is 4.74 Å². The third-order valence-corrected chi connectivity index (χ3v) is 2.67. The molecule has 20 heavy (non-hydrogen) atoms. The first-order valence-corrected chi connectivity index (χ1v) is 6.70. The van der Waals surface area contributed by atoms with Crippen molar-refractivity contribution in [2.75, 3.05) is 26.8 Å². The molecule has 0 aliphatic rings. The second kappa shape index (κ2) is 8.55. The van der Waals surface area contributed by atoms with E-state index in [-0.39, 0.29) is 12.6 Å². The van der Waals surface area contributed by atoms with Gasteiger partial charge in [-0.2, -0.15) is 0 Å². The molecule has 0 radical (unpaired) electrons. The molecule has 5 heteroatoms. The van der Waals surface area contributed by atoms with Crippen molar-refractivity contribution in [1.29, 1.82) is 0 Å². The van der Waals surface area contributed by atoms with E-state index in [2.05, 4.69) is 0 Å². The second-order valence-electron chi connectivity index (χ2n) is 4.91. The third-order valence-electron chi connectivity index (χ3n) is 2.67. The van der Waals surface area contributed by atoms with E-state index >= 15 is 0 Å². The molecule has 0 amide bonds. The molecule has 1 aromatic carbocycles. The molecular formula is C15H23NO4. The molecule has 0 aliphatic heterocycles. The van der Waals surface area contributed by atoms with Crippen molar-refractivity contribution in [1.82, 2.24) is 4.90 Å². The summed E-state index contributed by atoms with van der Waals surface area (Å²) in [4.78, 5) is 12.7. The van der Waals surface area contributed by atoms with Gasteiger partial charge in [-0.25, -0.2) is 0 Å². The van der Waals surface area contributed by atoms with Crippen molar-refractivity contribution in [3.05, 3.63) is 29.8 Å². The Hall–Kier alpha value is -1.59. The molecule has 0 saturated carbocycles. The number of benzene rings is 1. The molecule has 1 aromatic rings. The van der Waals surface area contributed by atoms with E-state index in [9.17, 15) is 4.79 Å². The van der Waals surface area contributed by atoms with Crippen molar-refractivity contribution < 1.29 is 19.4 Å². The predicted molar refractivity (Wildman–Crippen MR) is 77.0 cm³/mol. The smallest absolute Gasteiger partial charge is 0.317 e. The number of carboxylic acids is 1. The maximum absolute atomic E-state index is 10.8. The molecule has 0 atom stereocenters. The molecule has 0 aromatic heterocycles. The Morgan fingerprint density at radius 2 is 1.95 bits per heavy atom. The van der Waals surface area contributed by atoms with Crippen LogP contribution >= 0.6 is 0 Å². The topological polar surface area (TPSA) is 59.0 Å². The van der Waals surface area contributed by atoms with Crippen LogP contribution in [0.25, 0.3) is 0 Å². The van der Waals surface area contributed by atoms with Crippen LogP contribution in [0.2, 0.25) is 0 Å². The number of carboxylic acid groups (broad SMARTS) is 1. The minimum Gasteiger partial charge on any atom is -0.491 e. The van der Waals surface area contributed by atoms with Gasteiger partial charge in [-0.05, 0) is 31.5 Å². The summed E-state index contributed by atoms with van der Waals surface area (Å²) in [6.07, 6.45) is 0.145. The quantitative estimate of drug-likeness (QED) is 0.750. The van der Waals surface area contributed by atoms with Crippen molar-refractivity contribution in [2.45, 2.75) is 26.5 Å². The van der Waals surface area contributed by atoms with Crippen molar-refractivity contribution >= 4 is 5.97 Å². The highest BCUT2D eigenvalue weighted by Gasteiger charge is 2.10. The highest BCUT2D eigenvalue weighted by atomic mass is 16.5. The second-order valence-corrected chi connectivity index (χ2v) is 4.91. The van der Waals surface area contributed by atoms with E-state index in [0.29, 0.717) is 19.7 Å². The molecule has 0 fully saturated rings. The predicted octanol–water partition coefficient (Wildman–Crippen LogP) is 2.01. The molecule has 0 spiro atoms. The van der Waals surface area contributed by atoms with E-state index in [4.69, 9.17) is 14.6 Å². The van der Waals surface area contributed by atoms with Crippen LogP contribution in [-0.4, -0.2) is 48.9 Å². The van der Waals surface area contributed by atoms with Crippen LogP contribution in [0.1, 0.15) is 19.4 Å². The van der Waals surface area contributed by atoms with Gasteiger partial charge in [0, 0.05) is 20.2 Å². The molecule has 112 valence electrons. The first-order chi connectivity index (χ1) is 9.51. The molecule has 0 bridgehead atoms. The average Bonchev–Trinajstić information content (AvgIpc) is 2.37. The number of hydrogen-bond acceptors (Lipinski definition) is 4. The summed E-state index contributed by atoms with van der Waals surface area (Å²) in [5, 5.41) is 8.90. The molecule has 1 rings (SSSR count). The minimum atomic E-state index is -0.833. The Morgan fingerprint density at radius 3 is 2.45 bits per heavy atom. The van der Waals surface area contributed by atoms with Gasteiger partial charge in [0.2, 0.25) is 0 Å². The largest absolute Gasteiger partial charge is 0.491 e. The van der Waals surface area contributed by atoms with E-state index in [1.165, 1.54) is 0 Å². The fraction of sp³-hybridized carbons (Fsp3) is 0.533. The number of nitrogens with zero attached hydrogens (tertiary/aromatic N) is 1. The lowest BCUT2D eigenvalue weighted by Gasteiger charge is -2.20. The highest BCUT2D eigenvalue weighted by Crippen LogP contribution is 2.15. The first kappa shape index (κ1) is 16.5. The zero-order valence-electron chi connectivity index (χ0n) is 12.3. The average molecular weight is 281 g/mol. The number of rotatable bonds is 9. The molecule has 0 saturated heterocycles. The van der Waals surface area contributed by atoms with Gasteiger partial charge in [-0.1, -0.05) is 12.1 Å². The summed E-state index contributed by atoms with van der Waals surface area (Å²) in [6.45, 7) is 5.65. The SMILES string of the molecule is COCCN(CC(=O)O)Cc1ccc(OC(C)C)cc1. The monoisotopic (exact) mass is 281 g/mol. The highest BCUT2D eigenvalue weighted by molar-refractivity contribution is 5.69. The van der Waals surface area contributed by atoms with E-state index in [0.717, 1.165) is 11.3 Å². The van der Waals surface area contributed by atoms with Crippen LogP contribution in [0.5, 0.6) is 5.75 Å². The van der Waals surface area contributed by atoms with Gasteiger partial charge in [0.15, 0.2) is 0 Å². The summed E-state index contributed by atoms with van der Waals surface area (Å²) < 4.78 is 10.6. The van der Waals surface area contributed by atoms with Gasteiger partial charge in [-0.15, -0.1) is 0 Å². The van der Waals surface area contributed by atoms with Crippen LogP contribution in [-0.2, 0) is 16.1 Å². The molecule has 0 aliphatic carbocycles. The number of hydrogen-bond donors (Lipinski definition) is 1. The summed E-state index contributed by atoms with van der Waals surface area (Å²) in [5.74, 6) is -0.00806. The normalized spacial score (nSPS) is 11.1. The maximum Gasteiger partial charge on any atom is 0.317 e. The van der Waals surface area contributed by atoms with Crippen molar-refractivity contribution in [3.63, 3.8) is 0 Å². The van der Waals surface area contributed by atoms with Crippen LogP contribution in [0, 0.1) is 0 Å².